The monoisotopic (exact) mass is 427 g/mol. The van der Waals surface area contributed by atoms with Crippen molar-refractivity contribution < 1.29 is 13.9 Å². The third-order valence-corrected chi connectivity index (χ3v) is 4.84. The predicted molar refractivity (Wildman–Crippen MR) is 106 cm³/mol. The van der Waals surface area contributed by atoms with Gasteiger partial charge in [-0.05, 0) is 45.9 Å². The Morgan fingerprint density at radius 3 is 2.71 bits per heavy atom. The Bertz CT molecular complexity index is 983. The largest absolute Gasteiger partial charge is 0.444 e. The zero-order valence-electron chi connectivity index (χ0n) is 15.8. The van der Waals surface area contributed by atoms with Crippen LogP contribution in [0.3, 0.4) is 0 Å². The summed E-state index contributed by atoms with van der Waals surface area (Å²) in [5.41, 5.74) is 4.64. The van der Waals surface area contributed by atoms with Crippen molar-refractivity contribution in [3.63, 3.8) is 0 Å². The fourth-order valence-electron chi connectivity index (χ4n) is 2.95. The molecular formula is C18H20Cl2FN5O2. The smallest absolute Gasteiger partial charge is 0.413 e. The van der Waals surface area contributed by atoms with Gasteiger partial charge in [-0.25, -0.2) is 14.2 Å². The molecule has 28 heavy (non-hydrogen) atoms. The lowest BCUT2D eigenvalue weighted by Crippen LogP contribution is -2.43. The summed E-state index contributed by atoms with van der Waals surface area (Å²) in [7, 11) is 0. The summed E-state index contributed by atoms with van der Waals surface area (Å²) in [5.74, 6) is -0.163. The maximum absolute atomic E-state index is 14.6. The zero-order valence-corrected chi connectivity index (χ0v) is 17.3. The second kappa shape index (κ2) is 6.93. The molecule has 1 aliphatic rings. The summed E-state index contributed by atoms with van der Waals surface area (Å²) in [6, 6.07) is 4.23. The topological polar surface area (TPSA) is 94.5 Å². The molecule has 150 valence electrons. The van der Waals surface area contributed by atoms with E-state index in [0.717, 1.165) is 0 Å². The number of halogens is 3. The van der Waals surface area contributed by atoms with Crippen molar-refractivity contribution >= 4 is 40.8 Å². The number of carbonyl (C=O) groups excluding carboxylic acids is 1. The van der Waals surface area contributed by atoms with E-state index in [-0.39, 0.29) is 34.1 Å². The summed E-state index contributed by atoms with van der Waals surface area (Å²) in [4.78, 5) is 21.0. The van der Waals surface area contributed by atoms with Crippen LogP contribution >= 0.6 is 23.2 Å². The first kappa shape index (κ1) is 20.4. The number of aromatic nitrogens is 2. The summed E-state index contributed by atoms with van der Waals surface area (Å²) >= 11 is 12.3. The number of benzene rings is 1. The van der Waals surface area contributed by atoms with Gasteiger partial charge in [0.2, 0.25) is 0 Å². The quantitative estimate of drug-likeness (QED) is 0.669. The van der Waals surface area contributed by atoms with Crippen molar-refractivity contribution in [2.45, 2.75) is 45.4 Å². The average Bonchev–Trinajstić information content (AvgIpc) is 2.83. The van der Waals surface area contributed by atoms with E-state index in [1.165, 1.54) is 18.2 Å². The van der Waals surface area contributed by atoms with Gasteiger partial charge in [-0.15, -0.1) is 0 Å². The molecule has 2 heterocycles. The van der Waals surface area contributed by atoms with Crippen LogP contribution in [-0.4, -0.2) is 27.1 Å². The van der Waals surface area contributed by atoms with Crippen molar-refractivity contribution in [3.05, 3.63) is 45.7 Å². The van der Waals surface area contributed by atoms with Crippen molar-refractivity contribution in [1.82, 2.24) is 14.9 Å². The molecule has 0 saturated carbocycles. The number of amidine groups is 1. The molecule has 7 nitrogen and oxygen atoms in total. The van der Waals surface area contributed by atoms with Crippen LogP contribution in [0.2, 0.25) is 10.3 Å². The molecule has 0 fully saturated rings. The normalized spacial score (nSPS) is 19.0. The van der Waals surface area contributed by atoms with Gasteiger partial charge in [0.15, 0.2) is 16.8 Å². The number of fused-ring (bicyclic) bond motifs is 1. The van der Waals surface area contributed by atoms with Gasteiger partial charge in [0.05, 0.1) is 6.54 Å². The van der Waals surface area contributed by atoms with Crippen LogP contribution in [0.4, 0.5) is 14.9 Å². The Hall–Kier alpha value is -2.32. The van der Waals surface area contributed by atoms with E-state index < -0.39 is 23.1 Å². The van der Waals surface area contributed by atoms with E-state index in [4.69, 9.17) is 33.7 Å². The van der Waals surface area contributed by atoms with Gasteiger partial charge in [0.25, 0.3) is 0 Å². The van der Waals surface area contributed by atoms with E-state index >= 15 is 0 Å². The van der Waals surface area contributed by atoms with Gasteiger partial charge in [-0.1, -0.05) is 23.2 Å². The molecule has 0 bridgehead atoms. The zero-order chi connectivity index (χ0) is 20.9. The third kappa shape index (κ3) is 3.93. The number of nitrogen functional groups attached to an aromatic ring is 1. The van der Waals surface area contributed by atoms with E-state index in [9.17, 15) is 9.18 Å². The van der Waals surface area contributed by atoms with Gasteiger partial charge in [-0.3, -0.25) is 10.3 Å². The second-order valence-corrected chi connectivity index (χ2v) is 8.42. The SMILES string of the molecule is CC(C)(C)OC(=O)NC1=N[C@](C)(c2cc(N)ccc2F)Cn2c1nc(Cl)c2Cl. The molecule has 1 aliphatic heterocycles. The second-order valence-electron chi connectivity index (χ2n) is 7.70. The van der Waals surface area contributed by atoms with Gasteiger partial charge in [0.1, 0.15) is 22.1 Å². The highest BCUT2D eigenvalue weighted by Crippen LogP contribution is 2.37. The molecule has 3 rings (SSSR count). The number of nitrogens with two attached hydrogens (primary N) is 1. The minimum absolute atomic E-state index is 0.0488. The fraction of sp³-hybridized carbons (Fsp3) is 0.389. The van der Waals surface area contributed by atoms with Gasteiger partial charge in [0, 0.05) is 11.3 Å². The van der Waals surface area contributed by atoms with Crippen molar-refractivity contribution in [2.75, 3.05) is 5.73 Å². The van der Waals surface area contributed by atoms with Crippen molar-refractivity contribution in [2.24, 2.45) is 4.99 Å². The van der Waals surface area contributed by atoms with E-state index in [2.05, 4.69) is 15.3 Å². The number of amides is 1. The molecule has 1 atom stereocenters. The molecule has 0 saturated heterocycles. The molecule has 0 spiro atoms. The van der Waals surface area contributed by atoms with Crippen LogP contribution in [-0.2, 0) is 16.8 Å². The minimum Gasteiger partial charge on any atom is -0.444 e. The van der Waals surface area contributed by atoms with E-state index in [1.807, 2.05) is 0 Å². The summed E-state index contributed by atoms with van der Waals surface area (Å²) < 4.78 is 21.4. The van der Waals surface area contributed by atoms with E-state index in [1.54, 1.807) is 32.3 Å². The average molecular weight is 428 g/mol. The van der Waals surface area contributed by atoms with Gasteiger partial charge >= 0.3 is 6.09 Å². The molecular weight excluding hydrogens is 408 g/mol. The number of aliphatic imine (C=N–C) groups is 1. The predicted octanol–water partition coefficient (Wildman–Crippen LogP) is 4.11. The molecule has 0 radical (unpaired) electrons. The Kier molecular flexibility index (Phi) is 5.05. The summed E-state index contributed by atoms with van der Waals surface area (Å²) in [6.45, 7) is 7.05. The number of hydrogen-bond donors (Lipinski definition) is 2. The number of anilines is 1. The highest BCUT2D eigenvalue weighted by Gasteiger charge is 2.38. The summed E-state index contributed by atoms with van der Waals surface area (Å²) in [6.07, 6.45) is -0.731. The minimum atomic E-state index is -1.12. The lowest BCUT2D eigenvalue weighted by Gasteiger charge is -2.33. The Labute approximate surface area is 171 Å². The first-order valence-corrected chi connectivity index (χ1v) is 9.22. The molecule has 1 amide bonds. The maximum atomic E-state index is 14.6. The third-order valence-electron chi connectivity index (χ3n) is 4.09. The standard InChI is InChI=1S/C18H20Cl2FN5O2/c1-17(2,3)28-16(27)24-14-15-23-12(19)13(20)26(15)8-18(4,25-14)10-7-9(22)5-6-11(10)21/h5-7H,8,22H2,1-4H3,(H,24,25,27)/t18-/m0/s1. The lowest BCUT2D eigenvalue weighted by atomic mass is 9.90. The first-order chi connectivity index (χ1) is 12.9. The Morgan fingerprint density at radius 2 is 2.07 bits per heavy atom. The highest BCUT2D eigenvalue weighted by molar-refractivity contribution is 6.41. The molecule has 0 unspecified atom stereocenters. The van der Waals surface area contributed by atoms with Crippen LogP contribution in [0.25, 0.3) is 0 Å². The Balaban J connectivity index is 2.10. The van der Waals surface area contributed by atoms with E-state index in [0.29, 0.717) is 5.69 Å². The fourth-order valence-corrected chi connectivity index (χ4v) is 3.32. The number of imidazole rings is 1. The van der Waals surface area contributed by atoms with Crippen LogP contribution in [0, 0.1) is 5.82 Å². The van der Waals surface area contributed by atoms with Gasteiger partial charge < -0.3 is 15.0 Å². The van der Waals surface area contributed by atoms with Crippen LogP contribution in [0.15, 0.2) is 23.2 Å². The first-order valence-electron chi connectivity index (χ1n) is 8.47. The van der Waals surface area contributed by atoms with Crippen molar-refractivity contribution in [1.29, 1.82) is 0 Å². The van der Waals surface area contributed by atoms with Crippen molar-refractivity contribution in [3.8, 4) is 0 Å². The molecule has 2 aromatic rings. The number of nitrogens with zero attached hydrogens (tertiary/aromatic N) is 3. The number of alkyl carbamates (subject to hydrolysis) is 1. The van der Waals surface area contributed by atoms with Gasteiger partial charge in [-0.2, -0.15) is 0 Å². The molecule has 1 aromatic carbocycles. The number of ether oxygens (including phenoxy) is 1. The number of hydrogen-bond acceptors (Lipinski definition) is 5. The number of nitrogens with one attached hydrogen (secondary N) is 1. The molecule has 3 N–H and O–H groups in total. The van der Waals surface area contributed by atoms with Crippen LogP contribution in [0.5, 0.6) is 0 Å². The highest BCUT2D eigenvalue weighted by atomic mass is 35.5. The molecule has 0 aliphatic carbocycles. The maximum Gasteiger partial charge on any atom is 0.413 e. The Morgan fingerprint density at radius 1 is 1.39 bits per heavy atom. The lowest BCUT2D eigenvalue weighted by molar-refractivity contribution is 0.0562. The molecule has 1 aromatic heterocycles. The number of rotatable bonds is 1. The summed E-state index contributed by atoms with van der Waals surface area (Å²) in [5, 5.41) is 2.77. The number of carbonyl (C=O) groups is 1. The van der Waals surface area contributed by atoms with Crippen LogP contribution in [0.1, 0.15) is 39.1 Å². The van der Waals surface area contributed by atoms with Crippen LogP contribution < -0.4 is 11.1 Å². The molecule has 10 heteroatoms.